The Morgan fingerprint density at radius 2 is 2.00 bits per heavy atom. The number of ether oxygens (including phenoxy) is 2. The number of rotatable bonds is 9. The Morgan fingerprint density at radius 3 is 2.58 bits per heavy atom. The molecule has 1 atom stereocenters. The van der Waals surface area contributed by atoms with E-state index in [1.165, 1.54) is 32.4 Å². The predicted molar refractivity (Wildman–Crippen MR) is 86.8 cm³/mol. The van der Waals surface area contributed by atoms with Crippen LogP contribution < -0.4 is 11.1 Å². The van der Waals surface area contributed by atoms with Crippen LogP contribution >= 0.6 is 0 Å². The molecule has 3 N–H and O–H groups in total. The molecule has 0 fully saturated rings. The highest BCUT2D eigenvalue weighted by molar-refractivity contribution is 5.96. The normalized spacial score (nSPS) is 11.5. The first kappa shape index (κ1) is 19.4. The van der Waals surface area contributed by atoms with Crippen molar-refractivity contribution in [2.75, 3.05) is 26.1 Å². The van der Waals surface area contributed by atoms with Gasteiger partial charge >= 0.3 is 11.9 Å². The van der Waals surface area contributed by atoms with Crippen molar-refractivity contribution in [2.45, 2.75) is 25.3 Å². The average molecular weight is 339 g/mol. The van der Waals surface area contributed by atoms with Crippen molar-refractivity contribution in [3.63, 3.8) is 0 Å². The largest absolute Gasteiger partial charge is 0.468 e. The molecule has 0 saturated heterocycles. The second-order valence-corrected chi connectivity index (χ2v) is 5.03. The van der Waals surface area contributed by atoms with Gasteiger partial charge < -0.3 is 20.5 Å². The molecular formula is C15H21N3O6. The second kappa shape index (κ2) is 9.46. The van der Waals surface area contributed by atoms with E-state index in [9.17, 15) is 19.7 Å². The minimum atomic E-state index is -0.658. The number of nitrogens with two attached hydrogens (primary N) is 1. The number of nitrogens with zero attached hydrogens (tertiary/aromatic N) is 1. The Balaban J connectivity index is 2.60. The Bertz CT molecular complexity index is 605. The first-order valence-electron chi connectivity index (χ1n) is 7.34. The Labute approximate surface area is 139 Å². The zero-order valence-corrected chi connectivity index (χ0v) is 13.6. The monoisotopic (exact) mass is 339 g/mol. The minimum absolute atomic E-state index is 0.0953. The molecular weight excluding hydrogens is 318 g/mol. The zero-order chi connectivity index (χ0) is 18.1. The maximum absolute atomic E-state index is 11.7. The summed E-state index contributed by atoms with van der Waals surface area (Å²) in [5.41, 5.74) is 5.98. The van der Waals surface area contributed by atoms with Crippen LogP contribution in [0.1, 0.15) is 29.6 Å². The van der Waals surface area contributed by atoms with Crippen molar-refractivity contribution in [3.8, 4) is 0 Å². The van der Waals surface area contributed by atoms with Gasteiger partial charge in [0.05, 0.1) is 24.7 Å². The number of esters is 2. The van der Waals surface area contributed by atoms with E-state index in [2.05, 4.69) is 14.8 Å². The highest BCUT2D eigenvalue weighted by Crippen LogP contribution is 2.23. The first-order chi connectivity index (χ1) is 11.4. The quantitative estimate of drug-likeness (QED) is 0.299. The summed E-state index contributed by atoms with van der Waals surface area (Å²) in [4.78, 5) is 33.1. The third-order valence-corrected chi connectivity index (χ3v) is 3.38. The molecule has 0 aromatic heterocycles. The smallest absolute Gasteiger partial charge is 0.340 e. The van der Waals surface area contributed by atoms with Gasteiger partial charge in [-0.2, -0.15) is 0 Å². The first-order valence-corrected chi connectivity index (χ1v) is 7.34. The second-order valence-electron chi connectivity index (χ2n) is 5.03. The van der Waals surface area contributed by atoms with Gasteiger partial charge in [0.15, 0.2) is 0 Å². The van der Waals surface area contributed by atoms with Gasteiger partial charge in [0.25, 0.3) is 5.69 Å². The third-order valence-electron chi connectivity index (χ3n) is 3.38. The fraction of sp³-hybridized carbons (Fsp3) is 0.467. The van der Waals surface area contributed by atoms with E-state index < -0.39 is 22.9 Å². The number of nitro groups is 1. The fourth-order valence-electron chi connectivity index (χ4n) is 2.06. The van der Waals surface area contributed by atoms with Crippen LogP contribution in [0.5, 0.6) is 0 Å². The summed E-state index contributed by atoms with van der Waals surface area (Å²) in [6.07, 6.45) is 1.87. The summed E-state index contributed by atoms with van der Waals surface area (Å²) < 4.78 is 9.18. The molecule has 0 heterocycles. The van der Waals surface area contributed by atoms with Crippen molar-refractivity contribution in [1.82, 2.24) is 0 Å². The SMILES string of the molecule is COC(=O)c1cc([N+](=O)[O-])ccc1NCCCCC(N)C(=O)OC. The zero-order valence-electron chi connectivity index (χ0n) is 13.6. The molecule has 1 rings (SSSR count). The van der Waals surface area contributed by atoms with Gasteiger partial charge in [-0.15, -0.1) is 0 Å². The average Bonchev–Trinajstić information content (AvgIpc) is 2.59. The lowest BCUT2D eigenvalue weighted by molar-refractivity contribution is -0.384. The van der Waals surface area contributed by atoms with Gasteiger partial charge in [-0.05, 0) is 25.3 Å². The van der Waals surface area contributed by atoms with Crippen molar-refractivity contribution >= 4 is 23.3 Å². The standard InChI is InChI=1S/C15H21N3O6/c1-23-14(19)11-9-10(18(21)22)6-7-13(11)17-8-4-3-5-12(16)15(20)24-2/h6-7,9,12,17H,3-5,8,16H2,1-2H3. The summed E-state index contributed by atoms with van der Waals surface area (Å²) in [5.74, 6) is -1.11. The lowest BCUT2D eigenvalue weighted by atomic mass is 10.1. The molecule has 0 radical (unpaired) electrons. The van der Waals surface area contributed by atoms with Gasteiger partial charge in [0.1, 0.15) is 6.04 Å². The lowest BCUT2D eigenvalue weighted by Crippen LogP contribution is -2.31. The molecule has 0 aliphatic heterocycles. The van der Waals surface area contributed by atoms with E-state index in [-0.39, 0.29) is 11.3 Å². The summed E-state index contributed by atoms with van der Waals surface area (Å²) >= 11 is 0. The Kier molecular flexibility index (Phi) is 7.63. The summed E-state index contributed by atoms with van der Waals surface area (Å²) in [5, 5.41) is 13.8. The number of nitrogens with one attached hydrogen (secondary N) is 1. The molecule has 24 heavy (non-hydrogen) atoms. The van der Waals surface area contributed by atoms with Crippen LogP contribution in [0.25, 0.3) is 0 Å². The molecule has 1 aromatic rings. The van der Waals surface area contributed by atoms with Gasteiger partial charge in [-0.3, -0.25) is 14.9 Å². The Hall–Kier alpha value is -2.68. The maximum Gasteiger partial charge on any atom is 0.340 e. The molecule has 9 heteroatoms. The van der Waals surface area contributed by atoms with Crippen LogP contribution in [0.3, 0.4) is 0 Å². The van der Waals surface area contributed by atoms with E-state index in [0.717, 1.165) is 0 Å². The van der Waals surface area contributed by atoms with Crippen LogP contribution in [0.2, 0.25) is 0 Å². The topological polar surface area (TPSA) is 134 Å². The summed E-state index contributed by atoms with van der Waals surface area (Å²) in [6, 6.07) is 3.29. The number of unbranched alkanes of at least 4 members (excludes halogenated alkanes) is 1. The van der Waals surface area contributed by atoms with Crippen LogP contribution in [-0.2, 0) is 14.3 Å². The van der Waals surface area contributed by atoms with Crippen molar-refractivity contribution in [3.05, 3.63) is 33.9 Å². The molecule has 0 saturated carbocycles. The number of hydrogen-bond donors (Lipinski definition) is 2. The number of non-ortho nitro benzene ring substituents is 1. The van der Waals surface area contributed by atoms with Crippen molar-refractivity contribution in [2.24, 2.45) is 5.73 Å². The summed E-state index contributed by atoms with van der Waals surface area (Å²) in [6.45, 7) is 0.510. The Morgan fingerprint density at radius 1 is 1.29 bits per heavy atom. The fourth-order valence-corrected chi connectivity index (χ4v) is 2.06. The van der Waals surface area contributed by atoms with Crippen molar-refractivity contribution in [1.29, 1.82) is 0 Å². The third kappa shape index (κ3) is 5.51. The molecule has 1 aromatic carbocycles. The molecule has 132 valence electrons. The predicted octanol–water partition coefficient (Wildman–Crippen LogP) is 1.46. The van der Waals surface area contributed by atoms with Gasteiger partial charge in [0, 0.05) is 24.4 Å². The molecule has 0 bridgehead atoms. The van der Waals surface area contributed by atoms with Gasteiger partial charge in [-0.1, -0.05) is 0 Å². The number of carbonyl (C=O) groups is 2. The number of hydrogen-bond acceptors (Lipinski definition) is 8. The maximum atomic E-state index is 11.7. The molecule has 9 nitrogen and oxygen atoms in total. The summed E-state index contributed by atoms with van der Waals surface area (Å²) in [7, 11) is 2.49. The molecule has 1 unspecified atom stereocenters. The molecule has 0 amide bonds. The van der Waals surface area contributed by atoms with Gasteiger partial charge in [0.2, 0.25) is 0 Å². The highest BCUT2D eigenvalue weighted by atomic mass is 16.6. The molecule has 0 aliphatic rings. The highest BCUT2D eigenvalue weighted by Gasteiger charge is 2.17. The van der Waals surface area contributed by atoms with E-state index in [4.69, 9.17) is 5.73 Å². The number of anilines is 1. The number of nitro benzene ring substituents is 1. The number of carbonyl (C=O) groups excluding carboxylic acids is 2. The molecule has 0 aliphatic carbocycles. The minimum Gasteiger partial charge on any atom is -0.468 e. The van der Waals surface area contributed by atoms with Crippen LogP contribution in [0.4, 0.5) is 11.4 Å². The molecule has 0 spiro atoms. The van der Waals surface area contributed by atoms with Gasteiger partial charge in [-0.25, -0.2) is 4.79 Å². The van der Waals surface area contributed by atoms with Crippen LogP contribution in [-0.4, -0.2) is 43.7 Å². The van der Waals surface area contributed by atoms with Crippen LogP contribution in [0.15, 0.2) is 18.2 Å². The van der Waals surface area contributed by atoms with E-state index in [0.29, 0.717) is 31.5 Å². The van der Waals surface area contributed by atoms with E-state index in [1.54, 1.807) is 0 Å². The number of benzene rings is 1. The number of methoxy groups -OCH3 is 2. The van der Waals surface area contributed by atoms with E-state index >= 15 is 0 Å². The lowest BCUT2D eigenvalue weighted by Gasteiger charge is -2.12. The van der Waals surface area contributed by atoms with Crippen LogP contribution in [0, 0.1) is 10.1 Å². The van der Waals surface area contributed by atoms with Crippen molar-refractivity contribution < 1.29 is 24.0 Å². The van der Waals surface area contributed by atoms with E-state index in [1.807, 2.05) is 0 Å².